The Labute approximate surface area is 182 Å². The van der Waals surface area contributed by atoms with Crippen LogP contribution in [0.3, 0.4) is 0 Å². The smallest absolute Gasteiger partial charge is 0.336 e. The number of nitrogens with one attached hydrogen (secondary N) is 1. The molecule has 0 radical (unpaired) electrons. The summed E-state index contributed by atoms with van der Waals surface area (Å²) in [5, 5.41) is 3.27. The van der Waals surface area contributed by atoms with E-state index in [9.17, 15) is 9.59 Å². The van der Waals surface area contributed by atoms with Crippen LogP contribution in [0.15, 0.2) is 57.7 Å². The van der Waals surface area contributed by atoms with Gasteiger partial charge in [0.2, 0.25) is 0 Å². The molecular weight excluding hydrogens is 450 g/mol. The van der Waals surface area contributed by atoms with E-state index in [0.29, 0.717) is 49.6 Å². The second kappa shape index (κ2) is 7.65. The lowest BCUT2D eigenvalue weighted by Gasteiger charge is -2.30. The molecule has 0 unspecified atom stereocenters. The first kappa shape index (κ1) is 20.2. The molecule has 0 saturated carbocycles. The average Bonchev–Trinajstić information content (AvgIpc) is 3.04. The van der Waals surface area contributed by atoms with Gasteiger partial charge in [-0.05, 0) is 24.6 Å². The molecule has 2 aliphatic rings. The van der Waals surface area contributed by atoms with E-state index in [1.807, 2.05) is 25.1 Å². The van der Waals surface area contributed by atoms with Gasteiger partial charge in [-0.1, -0.05) is 40.2 Å². The quantitative estimate of drug-likeness (QED) is 0.676. The van der Waals surface area contributed by atoms with Gasteiger partial charge in [0.1, 0.15) is 0 Å². The second-order valence-corrected chi connectivity index (χ2v) is 7.83. The van der Waals surface area contributed by atoms with E-state index in [2.05, 4.69) is 21.2 Å². The van der Waals surface area contributed by atoms with Gasteiger partial charge in [0.25, 0.3) is 0 Å². The van der Waals surface area contributed by atoms with Crippen molar-refractivity contribution in [1.82, 2.24) is 5.32 Å². The van der Waals surface area contributed by atoms with Crippen molar-refractivity contribution in [2.75, 3.05) is 21.3 Å². The van der Waals surface area contributed by atoms with E-state index in [0.717, 1.165) is 5.56 Å². The van der Waals surface area contributed by atoms with E-state index >= 15 is 0 Å². The van der Waals surface area contributed by atoms with Crippen LogP contribution in [0.5, 0.6) is 11.5 Å². The highest BCUT2D eigenvalue weighted by Gasteiger charge is 2.43. The molecule has 6 nitrogen and oxygen atoms in total. The lowest BCUT2D eigenvalue weighted by Crippen LogP contribution is -2.29. The molecule has 1 N–H and O–H groups in total. The van der Waals surface area contributed by atoms with Crippen molar-refractivity contribution in [1.29, 1.82) is 0 Å². The molecule has 2 aromatic rings. The first-order valence-electron chi connectivity index (χ1n) is 9.28. The van der Waals surface area contributed by atoms with Crippen LogP contribution in [0.25, 0.3) is 5.70 Å². The van der Waals surface area contributed by atoms with Gasteiger partial charge in [-0.2, -0.15) is 0 Å². The molecule has 1 aliphatic carbocycles. The number of ether oxygens (including phenoxy) is 3. The third-order valence-corrected chi connectivity index (χ3v) is 6.15. The van der Waals surface area contributed by atoms with Gasteiger partial charge in [0, 0.05) is 26.9 Å². The van der Waals surface area contributed by atoms with Gasteiger partial charge >= 0.3 is 5.97 Å². The van der Waals surface area contributed by atoms with Crippen molar-refractivity contribution in [3.63, 3.8) is 0 Å². The fraction of sp³-hybridized carbons (Fsp3) is 0.217. The normalized spacial score (nSPS) is 17.4. The summed E-state index contributed by atoms with van der Waals surface area (Å²) in [4.78, 5) is 26.2. The maximum atomic E-state index is 13.4. The fourth-order valence-corrected chi connectivity index (χ4v) is 4.66. The first-order valence-corrected chi connectivity index (χ1v) is 10.1. The lowest BCUT2D eigenvalue weighted by molar-refractivity contribution is -0.136. The molecule has 0 bridgehead atoms. The number of hydrogen-bond acceptors (Lipinski definition) is 6. The van der Waals surface area contributed by atoms with E-state index < -0.39 is 11.9 Å². The van der Waals surface area contributed by atoms with Gasteiger partial charge in [-0.3, -0.25) is 4.79 Å². The van der Waals surface area contributed by atoms with Gasteiger partial charge in [-0.25, -0.2) is 4.79 Å². The predicted octanol–water partition coefficient (Wildman–Crippen LogP) is 4.21. The molecule has 1 heterocycles. The zero-order valence-corrected chi connectivity index (χ0v) is 18.5. The number of fused-ring (bicyclic) bond motifs is 2. The summed E-state index contributed by atoms with van der Waals surface area (Å²) in [6.07, 6.45) is 0. The van der Waals surface area contributed by atoms with Crippen LogP contribution in [0, 0.1) is 0 Å². The molecule has 7 heteroatoms. The summed E-state index contributed by atoms with van der Waals surface area (Å²) < 4.78 is 16.6. The molecular formula is C23H20BrNO5. The fourth-order valence-electron chi connectivity index (χ4n) is 4.11. The van der Waals surface area contributed by atoms with Crippen LogP contribution < -0.4 is 14.8 Å². The monoisotopic (exact) mass is 469 g/mol. The standard InChI is InChI=1S/C23H20BrNO5/c1-11-18(23(27)30-4)19(14-9-16(28-2)17(29-3)10-15(14)24)20-21(25-11)12-7-5-6-8-13(12)22(20)26/h5-10,19,25H,1-4H3/t19-/m1/s1. The van der Waals surface area contributed by atoms with Crippen molar-refractivity contribution >= 4 is 33.4 Å². The highest BCUT2D eigenvalue weighted by molar-refractivity contribution is 9.10. The molecule has 1 atom stereocenters. The van der Waals surface area contributed by atoms with Crippen LogP contribution in [0.4, 0.5) is 0 Å². The number of hydrogen-bond donors (Lipinski definition) is 1. The molecule has 0 saturated heterocycles. The second-order valence-electron chi connectivity index (χ2n) is 6.98. The lowest BCUT2D eigenvalue weighted by atomic mass is 9.79. The highest BCUT2D eigenvalue weighted by atomic mass is 79.9. The van der Waals surface area contributed by atoms with Gasteiger partial charge in [0.05, 0.1) is 38.5 Å². The Kier molecular flexibility index (Phi) is 5.15. The van der Waals surface area contributed by atoms with Crippen molar-refractivity contribution < 1.29 is 23.8 Å². The zero-order valence-electron chi connectivity index (χ0n) is 17.0. The summed E-state index contributed by atoms with van der Waals surface area (Å²) in [5.74, 6) is -0.211. The largest absolute Gasteiger partial charge is 0.493 e. The third kappa shape index (κ3) is 2.92. The molecule has 1 aliphatic heterocycles. The average molecular weight is 470 g/mol. The minimum atomic E-state index is -0.636. The van der Waals surface area contributed by atoms with E-state index in [-0.39, 0.29) is 5.78 Å². The SMILES string of the molecule is COC(=O)C1=C(C)NC2=C(C(=O)c3ccccc32)[C@@H]1c1cc(OC)c(OC)cc1Br. The Morgan fingerprint density at radius 2 is 1.67 bits per heavy atom. The van der Waals surface area contributed by atoms with Gasteiger partial charge in [-0.15, -0.1) is 0 Å². The molecule has 154 valence electrons. The van der Waals surface area contributed by atoms with E-state index in [1.54, 1.807) is 32.4 Å². The topological polar surface area (TPSA) is 73.9 Å². The molecule has 0 fully saturated rings. The number of allylic oxidation sites excluding steroid dienone is 2. The van der Waals surface area contributed by atoms with Crippen LogP contribution in [-0.4, -0.2) is 33.1 Å². The van der Waals surface area contributed by atoms with Crippen molar-refractivity contribution in [3.05, 3.63) is 74.4 Å². The van der Waals surface area contributed by atoms with Crippen LogP contribution in [-0.2, 0) is 9.53 Å². The van der Waals surface area contributed by atoms with E-state index in [4.69, 9.17) is 14.2 Å². The molecule has 2 aromatic carbocycles. The van der Waals surface area contributed by atoms with Crippen LogP contribution >= 0.6 is 15.9 Å². The summed E-state index contributed by atoms with van der Waals surface area (Å²) in [6.45, 7) is 1.81. The Balaban J connectivity index is 2.00. The number of carbonyl (C=O) groups excluding carboxylic acids is 2. The Hall–Kier alpha value is -3.06. The number of rotatable bonds is 4. The Morgan fingerprint density at radius 3 is 2.30 bits per heavy atom. The number of esters is 1. The maximum absolute atomic E-state index is 13.4. The number of halogens is 1. The van der Waals surface area contributed by atoms with Crippen molar-refractivity contribution in [2.24, 2.45) is 0 Å². The first-order chi connectivity index (χ1) is 14.4. The molecule has 0 spiro atoms. The minimum absolute atomic E-state index is 0.117. The number of dihydropyridines is 1. The summed E-state index contributed by atoms with van der Waals surface area (Å²) in [6, 6.07) is 11.0. The molecule has 4 rings (SSSR count). The summed E-state index contributed by atoms with van der Waals surface area (Å²) >= 11 is 3.59. The number of ketones is 1. The molecule has 0 aromatic heterocycles. The Bertz CT molecular complexity index is 1150. The van der Waals surface area contributed by atoms with Crippen molar-refractivity contribution in [2.45, 2.75) is 12.8 Å². The van der Waals surface area contributed by atoms with Gasteiger partial charge in [0.15, 0.2) is 17.3 Å². The maximum Gasteiger partial charge on any atom is 0.336 e. The highest BCUT2D eigenvalue weighted by Crippen LogP contribution is 2.49. The summed E-state index contributed by atoms with van der Waals surface area (Å²) in [5.41, 5.74) is 4.38. The van der Waals surface area contributed by atoms with E-state index in [1.165, 1.54) is 7.11 Å². The van der Waals surface area contributed by atoms with Gasteiger partial charge < -0.3 is 19.5 Å². The number of benzene rings is 2. The van der Waals surface area contributed by atoms with Crippen molar-refractivity contribution in [3.8, 4) is 11.5 Å². The minimum Gasteiger partial charge on any atom is -0.493 e. The summed E-state index contributed by atoms with van der Waals surface area (Å²) in [7, 11) is 4.43. The number of methoxy groups -OCH3 is 3. The Morgan fingerprint density at radius 1 is 1.03 bits per heavy atom. The predicted molar refractivity (Wildman–Crippen MR) is 116 cm³/mol. The number of Topliss-reactive ketones (excluding diaryl/α,β-unsaturated/α-hetero) is 1. The molecule has 30 heavy (non-hydrogen) atoms. The third-order valence-electron chi connectivity index (χ3n) is 5.47. The number of carbonyl (C=O) groups is 2. The van der Waals surface area contributed by atoms with Crippen LogP contribution in [0.1, 0.15) is 34.3 Å². The molecule has 0 amide bonds. The van der Waals surface area contributed by atoms with Crippen LogP contribution in [0.2, 0.25) is 0 Å². The zero-order chi connectivity index (χ0) is 21.6.